The molecule has 1 heterocycles. The summed E-state index contributed by atoms with van der Waals surface area (Å²) in [6, 6.07) is 3.84. The molecule has 0 spiro atoms. The average molecular weight is 235 g/mol. The van der Waals surface area contributed by atoms with E-state index in [1.54, 1.807) is 7.11 Å². The van der Waals surface area contributed by atoms with Crippen molar-refractivity contribution in [3.8, 4) is 5.88 Å². The maximum Gasteiger partial charge on any atom is 0.238 e. The van der Waals surface area contributed by atoms with Gasteiger partial charge < -0.3 is 15.4 Å². The molecule has 0 aromatic carbocycles. The van der Waals surface area contributed by atoms with E-state index in [9.17, 15) is 0 Å². The highest BCUT2D eigenvalue weighted by Crippen LogP contribution is 2.29. The number of rotatable bonds is 5. The molecule has 0 atom stereocenters. The van der Waals surface area contributed by atoms with Gasteiger partial charge in [0, 0.05) is 13.1 Å². The molecule has 0 unspecified atom stereocenters. The third-order valence-corrected chi connectivity index (χ3v) is 3.48. The Kier molecular flexibility index (Phi) is 3.71. The van der Waals surface area contributed by atoms with E-state index >= 15 is 0 Å². The molecule has 2 rings (SSSR count). The number of nitrogens with zero attached hydrogens (tertiary/aromatic N) is 2. The van der Waals surface area contributed by atoms with Crippen molar-refractivity contribution in [3.05, 3.63) is 12.1 Å². The highest BCUT2D eigenvalue weighted by Gasteiger charge is 2.21. The minimum absolute atomic E-state index is 0.523. The maximum atomic E-state index is 5.77. The van der Waals surface area contributed by atoms with Crippen LogP contribution in [0.3, 0.4) is 0 Å². The fraction of sp³-hybridized carbons (Fsp3) is 0.615. The molecule has 1 saturated carbocycles. The molecule has 0 bridgehead atoms. The summed E-state index contributed by atoms with van der Waals surface area (Å²) in [4.78, 5) is 6.75. The molecule has 1 aliphatic carbocycles. The van der Waals surface area contributed by atoms with E-state index in [4.69, 9.17) is 10.5 Å². The van der Waals surface area contributed by atoms with Crippen LogP contribution in [0.2, 0.25) is 0 Å². The lowest BCUT2D eigenvalue weighted by Gasteiger charge is -2.32. The Bertz CT molecular complexity index is 377. The molecule has 94 valence electrons. The predicted molar refractivity (Wildman–Crippen MR) is 70.4 cm³/mol. The van der Waals surface area contributed by atoms with Crippen molar-refractivity contribution in [2.75, 3.05) is 30.8 Å². The van der Waals surface area contributed by atoms with Crippen LogP contribution < -0.4 is 15.4 Å². The van der Waals surface area contributed by atoms with Crippen molar-refractivity contribution in [2.45, 2.75) is 26.2 Å². The maximum absolute atomic E-state index is 5.77. The minimum Gasteiger partial charge on any atom is -0.479 e. The van der Waals surface area contributed by atoms with E-state index < -0.39 is 0 Å². The van der Waals surface area contributed by atoms with Crippen molar-refractivity contribution in [3.63, 3.8) is 0 Å². The smallest absolute Gasteiger partial charge is 0.238 e. The van der Waals surface area contributed by atoms with Gasteiger partial charge in [-0.25, -0.2) is 0 Å². The molecule has 1 aliphatic rings. The second-order valence-corrected chi connectivity index (χ2v) is 4.60. The van der Waals surface area contributed by atoms with Gasteiger partial charge in [-0.15, -0.1) is 0 Å². The quantitative estimate of drug-likeness (QED) is 0.850. The molecule has 2 N–H and O–H groups in total. The van der Waals surface area contributed by atoms with Crippen LogP contribution in [0.4, 0.5) is 11.5 Å². The second-order valence-electron chi connectivity index (χ2n) is 4.60. The highest BCUT2D eigenvalue weighted by molar-refractivity contribution is 5.54. The topological polar surface area (TPSA) is 51.4 Å². The summed E-state index contributed by atoms with van der Waals surface area (Å²) < 4.78 is 5.16. The van der Waals surface area contributed by atoms with Gasteiger partial charge in [0.25, 0.3) is 0 Å². The predicted octanol–water partition coefficient (Wildman–Crippen LogP) is 2.30. The van der Waals surface area contributed by atoms with E-state index in [1.165, 1.54) is 19.3 Å². The molecule has 0 aliphatic heterocycles. The van der Waals surface area contributed by atoms with E-state index in [1.807, 2.05) is 12.1 Å². The molecule has 0 amide bonds. The number of nitrogens with two attached hydrogens (primary N) is 1. The van der Waals surface area contributed by atoms with Gasteiger partial charge in [0.15, 0.2) is 0 Å². The molecule has 4 nitrogen and oxygen atoms in total. The van der Waals surface area contributed by atoms with Crippen molar-refractivity contribution < 1.29 is 4.74 Å². The van der Waals surface area contributed by atoms with Crippen LogP contribution in [0.5, 0.6) is 5.88 Å². The number of ether oxygens (including phenoxy) is 1. The third-order valence-electron chi connectivity index (χ3n) is 3.48. The first-order valence-corrected chi connectivity index (χ1v) is 6.30. The average Bonchev–Trinajstić information content (AvgIpc) is 2.29. The van der Waals surface area contributed by atoms with Crippen molar-refractivity contribution in [2.24, 2.45) is 5.92 Å². The normalized spacial score (nSPS) is 15.4. The zero-order valence-electron chi connectivity index (χ0n) is 10.6. The molecule has 1 fully saturated rings. The number of nitrogen functional groups attached to an aromatic ring is 1. The van der Waals surface area contributed by atoms with Crippen LogP contribution in [-0.4, -0.2) is 25.2 Å². The standard InChI is InChI=1S/C13H21N3O/c1-3-16(9-10-5-4-6-10)12-8-7-11(14)13(15-12)17-2/h7-8,10H,3-6,9,14H2,1-2H3. The van der Waals surface area contributed by atoms with Crippen LogP contribution in [0.25, 0.3) is 0 Å². The number of anilines is 2. The molecular formula is C13H21N3O. The van der Waals surface area contributed by atoms with Crippen LogP contribution in [0.1, 0.15) is 26.2 Å². The van der Waals surface area contributed by atoms with Gasteiger partial charge in [-0.05, 0) is 37.8 Å². The van der Waals surface area contributed by atoms with Crippen LogP contribution in [0, 0.1) is 5.92 Å². The molecular weight excluding hydrogens is 214 g/mol. The van der Waals surface area contributed by atoms with Crippen molar-refractivity contribution in [1.29, 1.82) is 0 Å². The second kappa shape index (κ2) is 5.25. The lowest BCUT2D eigenvalue weighted by molar-refractivity contribution is 0.317. The molecule has 4 heteroatoms. The summed E-state index contributed by atoms with van der Waals surface area (Å²) in [7, 11) is 1.60. The van der Waals surface area contributed by atoms with Gasteiger partial charge in [-0.3, -0.25) is 0 Å². The van der Waals surface area contributed by atoms with Gasteiger partial charge in [-0.1, -0.05) is 6.42 Å². The van der Waals surface area contributed by atoms with E-state index in [-0.39, 0.29) is 0 Å². The number of hydrogen-bond acceptors (Lipinski definition) is 4. The van der Waals surface area contributed by atoms with Crippen molar-refractivity contribution >= 4 is 11.5 Å². The Morgan fingerprint density at radius 1 is 1.47 bits per heavy atom. The number of aromatic nitrogens is 1. The van der Waals surface area contributed by atoms with Gasteiger partial charge in [-0.2, -0.15) is 4.98 Å². The Balaban J connectivity index is 2.11. The zero-order chi connectivity index (χ0) is 12.3. The summed E-state index contributed by atoms with van der Waals surface area (Å²) >= 11 is 0. The van der Waals surface area contributed by atoms with Crippen molar-refractivity contribution in [1.82, 2.24) is 4.98 Å². The van der Waals surface area contributed by atoms with E-state index in [2.05, 4.69) is 16.8 Å². The first-order chi connectivity index (χ1) is 8.24. The first-order valence-electron chi connectivity index (χ1n) is 6.30. The minimum atomic E-state index is 0.523. The fourth-order valence-electron chi connectivity index (χ4n) is 2.15. The Morgan fingerprint density at radius 2 is 2.24 bits per heavy atom. The Labute approximate surface area is 103 Å². The van der Waals surface area contributed by atoms with Crippen LogP contribution in [0.15, 0.2) is 12.1 Å². The molecule has 1 aromatic heterocycles. The van der Waals surface area contributed by atoms with Crippen LogP contribution in [-0.2, 0) is 0 Å². The number of methoxy groups -OCH3 is 1. The van der Waals surface area contributed by atoms with E-state index in [0.29, 0.717) is 11.6 Å². The lowest BCUT2D eigenvalue weighted by atomic mass is 9.85. The summed E-state index contributed by atoms with van der Waals surface area (Å²) in [5, 5.41) is 0. The van der Waals surface area contributed by atoms with Gasteiger partial charge >= 0.3 is 0 Å². The Hall–Kier alpha value is -1.45. The van der Waals surface area contributed by atoms with Crippen LogP contribution >= 0.6 is 0 Å². The number of pyridine rings is 1. The third kappa shape index (κ3) is 2.62. The molecule has 1 aromatic rings. The summed E-state index contributed by atoms with van der Waals surface area (Å²) in [6.07, 6.45) is 4.08. The zero-order valence-corrected chi connectivity index (χ0v) is 10.6. The molecule has 0 radical (unpaired) electrons. The Morgan fingerprint density at radius 3 is 2.76 bits per heavy atom. The lowest BCUT2D eigenvalue weighted by Crippen LogP contribution is -2.33. The van der Waals surface area contributed by atoms with Gasteiger partial charge in [0.05, 0.1) is 12.8 Å². The highest BCUT2D eigenvalue weighted by atomic mass is 16.5. The SMILES string of the molecule is CCN(CC1CCC1)c1ccc(N)c(OC)n1. The van der Waals surface area contributed by atoms with Gasteiger partial charge in [0.2, 0.25) is 5.88 Å². The number of hydrogen-bond donors (Lipinski definition) is 1. The first kappa shape index (κ1) is 12.0. The van der Waals surface area contributed by atoms with E-state index in [0.717, 1.165) is 24.8 Å². The fourth-order valence-corrected chi connectivity index (χ4v) is 2.15. The monoisotopic (exact) mass is 235 g/mol. The molecule has 0 saturated heterocycles. The summed E-state index contributed by atoms with van der Waals surface area (Å²) in [5.74, 6) is 2.32. The largest absolute Gasteiger partial charge is 0.479 e. The summed E-state index contributed by atoms with van der Waals surface area (Å²) in [6.45, 7) is 4.22. The van der Waals surface area contributed by atoms with Gasteiger partial charge in [0.1, 0.15) is 5.82 Å². The summed E-state index contributed by atoms with van der Waals surface area (Å²) in [5.41, 5.74) is 6.37. The molecule has 17 heavy (non-hydrogen) atoms.